The molecule has 0 saturated heterocycles. The number of rotatable bonds is 3. The molecule has 0 aliphatic rings. The highest BCUT2D eigenvalue weighted by atomic mass is 16.3. The standard InChI is InChI=1S/C12H10NO/c1-2-3-4-5-11-10-7-9-14-12(10)6-8-13-11/h1-4,6-9H,5H2. The van der Waals surface area contributed by atoms with Crippen LogP contribution in [0.2, 0.25) is 0 Å². The van der Waals surface area contributed by atoms with Crippen molar-refractivity contribution in [3.63, 3.8) is 0 Å². The van der Waals surface area contributed by atoms with Crippen molar-refractivity contribution >= 4 is 11.0 Å². The van der Waals surface area contributed by atoms with E-state index in [0.717, 1.165) is 23.1 Å². The lowest BCUT2D eigenvalue weighted by Crippen LogP contribution is -1.86. The second kappa shape index (κ2) is 3.92. The summed E-state index contributed by atoms with van der Waals surface area (Å²) in [5, 5.41) is 1.06. The predicted octanol–water partition coefficient (Wildman–Crippen LogP) is 2.92. The highest BCUT2D eigenvalue weighted by Gasteiger charge is 2.01. The molecule has 14 heavy (non-hydrogen) atoms. The Balaban J connectivity index is 2.36. The molecular formula is C12H10NO. The number of hydrogen-bond donors (Lipinski definition) is 0. The Kier molecular flexibility index (Phi) is 2.45. The minimum atomic E-state index is 0.768. The zero-order valence-electron chi connectivity index (χ0n) is 7.68. The van der Waals surface area contributed by atoms with E-state index in [1.54, 1.807) is 18.5 Å². The number of fused-ring (bicyclic) bond motifs is 1. The lowest BCUT2D eigenvalue weighted by molar-refractivity contribution is 0.615. The van der Waals surface area contributed by atoms with Gasteiger partial charge in [0.15, 0.2) is 0 Å². The summed E-state index contributed by atoms with van der Waals surface area (Å²) in [6.45, 7) is 5.23. The molecule has 0 saturated carbocycles. The van der Waals surface area contributed by atoms with Crippen LogP contribution in [0.1, 0.15) is 5.69 Å². The van der Waals surface area contributed by atoms with Crippen molar-refractivity contribution in [2.45, 2.75) is 6.42 Å². The maximum atomic E-state index is 5.27. The maximum Gasteiger partial charge on any atom is 0.137 e. The van der Waals surface area contributed by atoms with Gasteiger partial charge in [-0.25, -0.2) is 0 Å². The van der Waals surface area contributed by atoms with E-state index in [-0.39, 0.29) is 0 Å². The van der Waals surface area contributed by atoms with Crippen LogP contribution in [0.4, 0.5) is 0 Å². The fourth-order valence-corrected chi connectivity index (χ4v) is 1.37. The third-order valence-corrected chi connectivity index (χ3v) is 2.02. The van der Waals surface area contributed by atoms with E-state index in [0.29, 0.717) is 0 Å². The Morgan fingerprint density at radius 2 is 2.36 bits per heavy atom. The molecule has 2 heteroatoms. The molecule has 0 fully saturated rings. The Hall–Kier alpha value is -1.83. The van der Waals surface area contributed by atoms with Crippen LogP contribution in [0.3, 0.4) is 0 Å². The van der Waals surface area contributed by atoms with Crippen LogP contribution < -0.4 is 0 Å². The minimum absolute atomic E-state index is 0.768. The van der Waals surface area contributed by atoms with E-state index in [2.05, 4.69) is 4.98 Å². The van der Waals surface area contributed by atoms with E-state index in [9.17, 15) is 0 Å². The fourth-order valence-electron chi connectivity index (χ4n) is 1.37. The summed E-state index contributed by atoms with van der Waals surface area (Å²) in [5.41, 5.74) is 1.88. The highest BCUT2D eigenvalue weighted by Crippen LogP contribution is 2.18. The summed E-state index contributed by atoms with van der Waals surface area (Å²) in [7, 11) is 0. The molecule has 2 aromatic rings. The molecule has 0 aromatic carbocycles. The van der Waals surface area contributed by atoms with Crippen molar-refractivity contribution in [1.82, 2.24) is 4.98 Å². The number of allylic oxidation sites excluding steroid dienone is 3. The fraction of sp³-hybridized carbons (Fsp3) is 0.0833. The zero-order chi connectivity index (χ0) is 9.80. The molecule has 0 spiro atoms. The third-order valence-electron chi connectivity index (χ3n) is 2.02. The largest absolute Gasteiger partial charge is 0.464 e. The number of furan rings is 1. The lowest BCUT2D eigenvalue weighted by Gasteiger charge is -1.96. The van der Waals surface area contributed by atoms with Gasteiger partial charge < -0.3 is 4.42 Å². The number of hydrogen-bond acceptors (Lipinski definition) is 2. The van der Waals surface area contributed by atoms with E-state index < -0.39 is 0 Å². The van der Waals surface area contributed by atoms with Crippen LogP contribution in [-0.2, 0) is 6.42 Å². The molecule has 2 aromatic heterocycles. The SMILES string of the molecule is [CH]=CC=CCc1nccc2occc12. The Labute approximate surface area is 82.6 Å². The third kappa shape index (κ3) is 1.59. The van der Waals surface area contributed by atoms with Crippen molar-refractivity contribution in [3.8, 4) is 0 Å². The van der Waals surface area contributed by atoms with Gasteiger partial charge in [0, 0.05) is 18.0 Å². The second-order valence-electron chi connectivity index (χ2n) is 2.91. The van der Waals surface area contributed by atoms with Crippen LogP contribution in [0.5, 0.6) is 0 Å². The number of aromatic nitrogens is 1. The summed E-state index contributed by atoms with van der Waals surface area (Å²) < 4.78 is 5.27. The number of pyridine rings is 1. The molecule has 2 nitrogen and oxygen atoms in total. The van der Waals surface area contributed by atoms with Crippen molar-refractivity contribution < 1.29 is 4.42 Å². The first-order chi connectivity index (χ1) is 6.92. The predicted molar refractivity (Wildman–Crippen MR) is 55.7 cm³/mol. The van der Waals surface area contributed by atoms with Gasteiger partial charge in [0.25, 0.3) is 0 Å². The van der Waals surface area contributed by atoms with Gasteiger partial charge in [0.2, 0.25) is 0 Å². The molecule has 2 rings (SSSR count). The minimum Gasteiger partial charge on any atom is -0.464 e. The van der Waals surface area contributed by atoms with Crippen LogP contribution >= 0.6 is 0 Å². The summed E-state index contributed by atoms with van der Waals surface area (Å²) in [6.07, 6.45) is 9.48. The molecule has 0 unspecified atom stereocenters. The van der Waals surface area contributed by atoms with E-state index in [4.69, 9.17) is 11.0 Å². The second-order valence-corrected chi connectivity index (χ2v) is 2.91. The molecule has 69 valence electrons. The Morgan fingerprint density at radius 3 is 3.21 bits per heavy atom. The molecule has 1 radical (unpaired) electrons. The topological polar surface area (TPSA) is 26.0 Å². The van der Waals surface area contributed by atoms with Crippen LogP contribution in [-0.4, -0.2) is 4.98 Å². The zero-order valence-corrected chi connectivity index (χ0v) is 7.68. The van der Waals surface area contributed by atoms with Crippen molar-refractivity contribution in [2.24, 2.45) is 0 Å². The van der Waals surface area contributed by atoms with Crippen molar-refractivity contribution in [3.05, 3.63) is 55.1 Å². The van der Waals surface area contributed by atoms with Gasteiger partial charge in [-0.3, -0.25) is 4.98 Å². The number of nitrogens with zero attached hydrogens (tertiary/aromatic N) is 1. The van der Waals surface area contributed by atoms with Gasteiger partial charge in [-0.05, 0) is 12.1 Å². The molecule has 2 heterocycles. The normalized spacial score (nSPS) is 11.1. The first-order valence-corrected chi connectivity index (χ1v) is 4.43. The van der Waals surface area contributed by atoms with Gasteiger partial charge in [-0.2, -0.15) is 0 Å². The average Bonchev–Trinajstić information content (AvgIpc) is 2.67. The maximum absolute atomic E-state index is 5.27. The summed E-state index contributed by atoms with van der Waals surface area (Å²) >= 11 is 0. The summed E-state index contributed by atoms with van der Waals surface area (Å²) in [6, 6.07) is 3.79. The molecule has 0 aliphatic carbocycles. The van der Waals surface area contributed by atoms with E-state index in [1.165, 1.54) is 6.08 Å². The Morgan fingerprint density at radius 1 is 1.43 bits per heavy atom. The van der Waals surface area contributed by atoms with E-state index in [1.807, 2.05) is 18.2 Å². The van der Waals surface area contributed by atoms with Gasteiger partial charge in [-0.1, -0.05) is 24.8 Å². The van der Waals surface area contributed by atoms with Gasteiger partial charge >= 0.3 is 0 Å². The highest BCUT2D eigenvalue weighted by molar-refractivity contribution is 5.79. The van der Waals surface area contributed by atoms with Gasteiger partial charge in [0.05, 0.1) is 12.0 Å². The first-order valence-electron chi connectivity index (χ1n) is 4.43. The van der Waals surface area contributed by atoms with Gasteiger partial charge in [-0.15, -0.1) is 0 Å². The monoisotopic (exact) mass is 184 g/mol. The average molecular weight is 184 g/mol. The molecule has 0 aliphatic heterocycles. The summed E-state index contributed by atoms with van der Waals surface area (Å²) in [5.74, 6) is 0. The molecule has 0 N–H and O–H groups in total. The molecule has 0 atom stereocenters. The summed E-state index contributed by atoms with van der Waals surface area (Å²) in [4.78, 5) is 4.28. The van der Waals surface area contributed by atoms with Gasteiger partial charge in [0.1, 0.15) is 5.58 Å². The van der Waals surface area contributed by atoms with Crippen LogP contribution in [0.25, 0.3) is 11.0 Å². The quantitative estimate of drug-likeness (QED) is 0.685. The molecule has 0 amide bonds. The van der Waals surface area contributed by atoms with E-state index >= 15 is 0 Å². The van der Waals surface area contributed by atoms with Crippen LogP contribution in [0.15, 0.2) is 47.2 Å². The molecular weight excluding hydrogens is 174 g/mol. The van der Waals surface area contributed by atoms with Crippen molar-refractivity contribution in [2.75, 3.05) is 0 Å². The smallest absolute Gasteiger partial charge is 0.137 e. The van der Waals surface area contributed by atoms with Crippen LogP contribution in [0, 0.1) is 6.58 Å². The Bertz CT molecular complexity index is 468. The first kappa shape index (κ1) is 8.75. The van der Waals surface area contributed by atoms with Crippen molar-refractivity contribution in [1.29, 1.82) is 0 Å². The molecule has 0 bridgehead atoms. The lowest BCUT2D eigenvalue weighted by atomic mass is 10.2.